The lowest BCUT2D eigenvalue weighted by atomic mass is 10.1. The fraction of sp³-hybridized carbons (Fsp3) is 0.467. The molecule has 0 aliphatic carbocycles. The summed E-state index contributed by atoms with van der Waals surface area (Å²) in [6.45, 7) is 4.06. The van der Waals surface area contributed by atoms with Gasteiger partial charge in [-0.2, -0.15) is 0 Å². The van der Waals surface area contributed by atoms with Gasteiger partial charge in [-0.05, 0) is 41.1 Å². The summed E-state index contributed by atoms with van der Waals surface area (Å²) in [5, 5.41) is 0. The Morgan fingerprint density at radius 2 is 1.82 bits per heavy atom. The highest BCUT2D eigenvalue weighted by molar-refractivity contribution is 9.10. The van der Waals surface area contributed by atoms with Crippen molar-refractivity contribution in [3.8, 4) is 5.75 Å². The summed E-state index contributed by atoms with van der Waals surface area (Å²) in [7, 11) is 1.57. The molecule has 0 N–H and O–H groups in total. The second-order valence-corrected chi connectivity index (χ2v) is 5.68. The highest BCUT2D eigenvalue weighted by Crippen LogP contribution is 2.24. The number of carbonyl (C=O) groups is 2. The van der Waals surface area contributed by atoms with Crippen LogP contribution in [0.25, 0.3) is 0 Å². The molecule has 2 rings (SSSR count). The van der Waals surface area contributed by atoms with Crippen LogP contribution in [0.15, 0.2) is 22.7 Å². The van der Waals surface area contributed by atoms with Crippen molar-refractivity contribution >= 4 is 27.9 Å². The largest absolute Gasteiger partial charge is 0.497 e. The SMILES string of the molecule is CCOC(=O)N1CCN(C(=O)c2cc(OC)ccc2Br)CC1. The number of rotatable bonds is 3. The molecule has 22 heavy (non-hydrogen) atoms. The Morgan fingerprint density at radius 1 is 1.18 bits per heavy atom. The minimum atomic E-state index is -0.322. The Morgan fingerprint density at radius 3 is 2.41 bits per heavy atom. The quantitative estimate of drug-likeness (QED) is 0.819. The summed E-state index contributed by atoms with van der Waals surface area (Å²) >= 11 is 3.39. The first-order chi connectivity index (χ1) is 10.6. The number of nitrogens with zero attached hydrogens (tertiary/aromatic N) is 2. The number of benzene rings is 1. The molecule has 120 valence electrons. The zero-order valence-electron chi connectivity index (χ0n) is 12.7. The lowest BCUT2D eigenvalue weighted by Crippen LogP contribution is -2.50. The van der Waals surface area contributed by atoms with Gasteiger partial charge in [0, 0.05) is 30.7 Å². The molecule has 1 aliphatic rings. The second-order valence-electron chi connectivity index (χ2n) is 4.82. The molecule has 7 heteroatoms. The highest BCUT2D eigenvalue weighted by atomic mass is 79.9. The first kappa shape index (κ1) is 16.6. The average Bonchev–Trinajstić information content (AvgIpc) is 2.55. The molecular formula is C15H19BrN2O4. The molecule has 0 spiro atoms. The van der Waals surface area contributed by atoms with Crippen LogP contribution in [0.1, 0.15) is 17.3 Å². The Balaban J connectivity index is 2.02. The van der Waals surface area contributed by atoms with Crippen molar-refractivity contribution in [2.75, 3.05) is 39.9 Å². The molecule has 1 heterocycles. The molecule has 0 aromatic heterocycles. The summed E-state index contributed by atoms with van der Waals surface area (Å²) in [6.07, 6.45) is -0.322. The highest BCUT2D eigenvalue weighted by Gasteiger charge is 2.26. The van der Waals surface area contributed by atoms with Gasteiger partial charge in [0.1, 0.15) is 5.75 Å². The lowest BCUT2D eigenvalue weighted by molar-refractivity contribution is 0.0569. The molecule has 6 nitrogen and oxygen atoms in total. The number of piperazine rings is 1. The van der Waals surface area contributed by atoms with Crippen molar-refractivity contribution in [2.45, 2.75) is 6.92 Å². The van der Waals surface area contributed by atoms with Crippen LogP contribution in [-0.4, -0.2) is 61.7 Å². The van der Waals surface area contributed by atoms with Gasteiger partial charge in [-0.1, -0.05) is 0 Å². The standard InChI is InChI=1S/C15H19BrN2O4/c1-3-22-15(20)18-8-6-17(7-9-18)14(19)12-10-11(21-2)4-5-13(12)16/h4-5,10H,3,6-9H2,1-2H3. The van der Waals surface area contributed by atoms with Crippen LogP contribution in [-0.2, 0) is 4.74 Å². The summed E-state index contributed by atoms with van der Waals surface area (Å²) < 4.78 is 10.9. The van der Waals surface area contributed by atoms with E-state index in [1.165, 1.54) is 0 Å². The normalized spacial score (nSPS) is 14.7. The number of halogens is 1. The van der Waals surface area contributed by atoms with E-state index < -0.39 is 0 Å². The van der Waals surface area contributed by atoms with Crippen LogP contribution in [0.4, 0.5) is 4.79 Å². The molecule has 1 aromatic rings. The minimum absolute atomic E-state index is 0.0747. The van der Waals surface area contributed by atoms with E-state index in [1.807, 2.05) is 0 Å². The van der Waals surface area contributed by atoms with Gasteiger partial charge < -0.3 is 19.3 Å². The van der Waals surface area contributed by atoms with Crippen molar-refractivity contribution in [3.05, 3.63) is 28.2 Å². The van der Waals surface area contributed by atoms with Crippen LogP contribution in [0.2, 0.25) is 0 Å². The molecule has 1 aliphatic heterocycles. The zero-order chi connectivity index (χ0) is 16.1. The third-order valence-corrected chi connectivity index (χ3v) is 4.19. The monoisotopic (exact) mass is 370 g/mol. The maximum atomic E-state index is 12.6. The number of hydrogen-bond acceptors (Lipinski definition) is 4. The fourth-order valence-electron chi connectivity index (χ4n) is 2.27. The number of ether oxygens (including phenoxy) is 2. The van der Waals surface area contributed by atoms with Gasteiger partial charge in [0.15, 0.2) is 0 Å². The molecule has 1 fully saturated rings. The van der Waals surface area contributed by atoms with E-state index >= 15 is 0 Å². The average molecular weight is 371 g/mol. The van der Waals surface area contributed by atoms with Crippen molar-refractivity contribution in [3.63, 3.8) is 0 Å². The zero-order valence-corrected chi connectivity index (χ0v) is 14.3. The predicted octanol–water partition coefficient (Wildman–Crippen LogP) is 2.37. The summed E-state index contributed by atoms with van der Waals surface area (Å²) in [6, 6.07) is 5.30. The number of methoxy groups -OCH3 is 1. The predicted molar refractivity (Wildman–Crippen MR) is 85.2 cm³/mol. The molecule has 0 radical (unpaired) electrons. The van der Waals surface area contributed by atoms with E-state index in [2.05, 4.69) is 15.9 Å². The maximum absolute atomic E-state index is 12.6. The van der Waals surface area contributed by atoms with E-state index in [4.69, 9.17) is 9.47 Å². The number of carbonyl (C=O) groups excluding carboxylic acids is 2. The molecule has 0 bridgehead atoms. The van der Waals surface area contributed by atoms with Crippen LogP contribution in [0.3, 0.4) is 0 Å². The van der Waals surface area contributed by atoms with Gasteiger partial charge in [0.05, 0.1) is 19.3 Å². The van der Waals surface area contributed by atoms with E-state index in [1.54, 1.807) is 42.0 Å². The summed E-state index contributed by atoms with van der Waals surface area (Å²) in [4.78, 5) is 27.6. The van der Waals surface area contributed by atoms with Gasteiger partial charge in [0.25, 0.3) is 5.91 Å². The van der Waals surface area contributed by atoms with Gasteiger partial charge in [-0.3, -0.25) is 4.79 Å². The first-order valence-corrected chi connectivity index (χ1v) is 7.90. The Kier molecular flexibility index (Phi) is 5.65. The molecule has 1 aromatic carbocycles. The Labute approximate surface area is 138 Å². The van der Waals surface area contributed by atoms with Crippen molar-refractivity contribution in [2.24, 2.45) is 0 Å². The second kappa shape index (κ2) is 7.49. The third-order valence-electron chi connectivity index (χ3n) is 3.50. The van der Waals surface area contributed by atoms with Crippen LogP contribution in [0, 0.1) is 0 Å². The Bertz CT molecular complexity index is 556. The topological polar surface area (TPSA) is 59.1 Å². The van der Waals surface area contributed by atoms with E-state index in [9.17, 15) is 9.59 Å². The molecule has 2 amide bonds. The van der Waals surface area contributed by atoms with E-state index in [0.29, 0.717) is 44.1 Å². The number of hydrogen-bond donors (Lipinski definition) is 0. The fourth-order valence-corrected chi connectivity index (χ4v) is 2.69. The molecule has 0 saturated carbocycles. The smallest absolute Gasteiger partial charge is 0.409 e. The van der Waals surface area contributed by atoms with Crippen molar-refractivity contribution in [1.29, 1.82) is 0 Å². The molecule has 1 saturated heterocycles. The lowest BCUT2D eigenvalue weighted by Gasteiger charge is -2.34. The molecule has 0 atom stereocenters. The molecule has 0 unspecified atom stereocenters. The number of amides is 2. The van der Waals surface area contributed by atoms with Crippen LogP contribution in [0.5, 0.6) is 5.75 Å². The summed E-state index contributed by atoms with van der Waals surface area (Å²) in [5.74, 6) is 0.561. The maximum Gasteiger partial charge on any atom is 0.409 e. The first-order valence-electron chi connectivity index (χ1n) is 7.11. The van der Waals surface area contributed by atoms with Crippen LogP contribution >= 0.6 is 15.9 Å². The minimum Gasteiger partial charge on any atom is -0.497 e. The van der Waals surface area contributed by atoms with E-state index in [0.717, 1.165) is 4.47 Å². The Hall–Kier alpha value is -1.76. The van der Waals surface area contributed by atoms with Gasteiger partial charge >= 0.3 is 6.09 Å². The van der Waals surface area contributed by atoms with Gasteiger partial charge in [-0.15, -0.1) is 0 Å². The third kappa shape index (κ3) is 3.71. The molecular weight excluding hydrogens is 352 g/mol. The van der Waals surface area contributed by atoms with Gasteiger partial charge in [-0.25, -0.2) is 4.79 Å². The van der Waals surface area contributed by atoms with Crippen molar-refractivity contribution < 1.29 is 19.1 Å². The summed E-state index contributed by atoms with van der Waals surface area (Å²) in [5.41, 5.74) is 0.559. The van der Waals surface area contributed by atoms with Crippen molar-refractivity contribution in [1.82, 2.24) is 9.80 Å². The van der Waals surface area contributed by atoms with Crippen LogP contribution < -0.4 is 4.74 Å². The van der Waals surface area contributed by atoms with E-state index in [-0.39, 0.29) is 12.0 Å². The van der Waals surface area contributed by atoms with Gasteiger partial charge in [0.2, 0.25) is 0 Å².